The Balaban J connectivity index is -0.0000000360. The first-order valence-electron chi connectivity index (χ1n) is 1.04. The van der Waals surface area contributed by atoms with Crippen LogP contribution in [0.25, 0.3) is 0 Å². The molecule has 0 rings (SSSR count). The summed E-state index contributed by atoms with van der Waals surface area (Å²) in [6, 6.07) is 0. The fourth-order valence-electron chi connectivity index (χ4n) is 0. The van der Waals surface area contributed by atoms with Crippen molar-refractivity contribution in [3.05, 3.63) is 0 Å². The number of hydrogen-bond acceptors (Lipinski definition) is 0. The van der Waals surface area contributed by atoms with E-state index in [1.807, 2.05) is 6.92 Å². The van der Waals surface area contributed by atoms with Crippen LogP contribution in [0.1, 0.15) is 6.92 Å². The molecular formula is C2H3W5-. The summed E-state index contributed by atoms with van der Waals surface area (Å²) in [4.78, 5) is 0. The molecule has 0 aliphatic rings. The zero-order valence-electron chi connectivity index (χ0n) is 3.54. The van der Waals surface area contributed by atoms with Gasteiger partial charge in [0, 0.05) is 0 Å². The molecule has 0 unspecified atom stereocenters. The first-order chi connectivity index (χ1) is 3.41. The molecule has 0 aromatic rings. The number of rotatable bonds is 0. The van der Waals surface area contributed by atoms with Gasteiger partial charge in [0.1, 0.15) is 0 Å². The van der Waals surface area contributed by atoms with Gasteiger partial charge in [-0.1, -0.05) is 0 Å². The van der Waals surface area contributed by atoms with Gasteiger partial charge in [-0.15, -0.1) is 0 Å². The first-order valence-corrected chi connectivity index (χ1v) is 24.5. The molecule has 0 nitrogen and oxygen atoms in total. The van der Waals surface area contributed by atoms with Gasteiger partial charge < -0.3 is 0 Å². The molecule has 42 valence electrons. The monoisotopic (exact) mass is 947 g/mol. The molecule has 0 spiro atoms. The van der Waals surface area contributed by atoms with Crippen LogP contribution in [0.5, 0.6) is 0 Å². The van der Waals surface area contributed by atoms with Crippen LogP contribution in [0.2, 0.25) is 0 Å². The summed E-state index contributed by atoms with van der Waals surface area (Å²) in [7, 11) is 0. The van der Waals surface area contributed by atoms with Gasteiger partial charge >= 0.3 is 95.6 Å². The molecule has 0 amide bonds. The second kappa shape index (κ2) is 34.6. The van der Waals surface area contributed by atoms with Crippen LogP contribution in [-0.2, 0) is 84.2 Å². The number of hydrogen-bond donors (Lipinski definition) is 0. The second-order valence-corrected chi connectivity index (χ2v) is 1.67. The molecule has 0 atom stereocenters. The Labute approximate surface area is 93.4 Å². The summed E-state index contributed by atoms with van der Waals surface area (Å²) < 4.78 is 2.83. The van der Waals surface area contributed by atoms with E-state index in [0.29, 0.717) is 0 Å². The Kier molecular flexibility index (Phi) is 82.7. The molecule has 7 heavy (non-hydrogen) atoms. The average Bonchev–Trinajstić information content (AvgIpc) is 1.78. The van der Waals surface area contributed by atoms with Crippen molar-refractivity contribution in [2.45, 2.75) is 6.92 Å². The third-order valence-corrected chi connectivity index (χ3v) is 0. The van der Waals surface area contributed by atoms with E-state index in [-0.39, 0.29) is 0 Å². The molecule has 0 saturated heterocycles. The van der Waals surface area contributed by atoms with Gasteiger partial charge in [0.2, 0.25) is 0 Å². The van der Waals surface area contributed by atoms with Crippen molar-refractivity contribution in [2.24, 2.45) is 0 Å². The third kappa shape index (κ3) is 45.4. The fraction of sp³-hybridized carbons (Fsp3) is 0.500. The molecule has 0 aromatic carbocycles. The average molecular weight is 946 g/mol. The standard InChI is InChI=1S/C2H3.5W/c1-2;;;;;/h1H3;;;;;/q-1;;;;;. The zero-order chi connectivity index (χ0) is 6.71. The summed E-state index contributed by atoms with van der Waals surface area (Å²) in [6.45, 7) is 1.91. The normalized spacial score (nSPS) is 3.00. The van der Waals surface area contributed by atoms with Crippen LogP contribution >= 0.6 is 0 Å². The Bertz CT molecular complexity index is 25.3. The van der Waals surface area contributed by atoms with Gasteiger partial charge in [0.25, 0.3) is 0 Å². The Morgan fingerprint density at radius 2 is 1.00 bits per heavy atom. The molecule has 0 aliphatic heterocycles. The summed E-state index contributed by atoms with van der Waals surface area (Å²) in [5, 5.41) is 0. The maximum atomic E-state index is 2.83. The van der Waals surface area contributed by atoms with Crippen molar-refractivity contribution in [3.8, 4) is 0 Å². The topological polar surface area (TPSA) is 0 Å². The van der Waals surface area contributed by atoms with E-state index in [9.17, 15) is 0 Å². The van der Waals surface area contributed by atoms with E-state index in [1.54, 1.807) is 64.9 Å². The van der Waals surface area contributed by atoms with E-state index in [2.05, 4.69) is 4.40 Å². The van der Waals surface area contributed by atoms with Crippen molar-refractivity contribution in [1.29, 1.82) is 0 Å². The predicted octanol–water partition coefficient (Wildman–Crippen LogP) is 0.222. The fourth-order valence-corrected chi connectivity index (χ4v) is 0. The predicted molar refractivity (Wildman–Crippen MR) is 10.7 cm³/mol. The molecule has 0 fully saturated rings. The molecule has 0 radical (unpaired) electrons. The minimum absolute atomic E-state index is 1.42. The van der Waals surface area contributed by atoms with E-state index >= 15 is 0 Å². The minimum atomic E-state index is 1.42. The van der Waals surface area contributed by atoms with E-state index in [1.165, 1.54) is 19.4 Å². The van der Waals surface area contributed by atoms with Crippen molar-refractivity contribution in [2.75, 3.05) is 0 Å². The van der Waals surface area contributed by atoms with Gasteiger partial charge in [-0.3, -0.25) is 0 Å². The van der Waals surface area contributed by atoms with E-state index in [0.717, 1.165) is 0 Å². The molecule has 0 N–H and O–H groups in total. The van der Waals surface area contributed by atoms with Crippen LogP contribution in [0.3, 0.4) is 0 Å². The summed E-state index contributed by atoms with van der Waals surface area (Å²) in [6.07, 6.45) is 0. The molecule has 0 saturated carbocycles. The zero-order valence-corrected chi connectivity index (χ0v) is 18.2. The van der Waals surface area contributed by atoms with Crippen molar-refractivity contribution >= 4 is 4.40 Å². The molecule has 0 bridgehead atoms. The van der Waals surface area contributed by atoms with E-state index in [4.69, 9.17) is 0 Å². The van der Waals surface area contributed by atoms with Crippen molar-refractivity contribution in [1.82, 2.24) is 0 Å². The summed E-state index contributed by atoms with van der Waals surface area (Å²) >= 11 is 8.09. The van der Waals surface area contributed by atoms with Gasteiger partial charge in [-0.05, 0) is 0 Å². The van der Waals surface area contributed by atoms with Crippen LogP contribution in [0.4, 0.5) is 0 Å². The maximum absolute atomic E-state index is 2.83. The molecule has 0 aliphatic carbocycles. The van der Waals surface area contributed by atoms with Crippen LogP contribution in [0, 0.1) is 0 Å². The SMILES string of the molecule is C[C-]=[W].[W]=[W].[W]=[W]. The quantitative estimate of drug-likeness (QED) is 0.306. The molecular weight excluding hydrogens is 943 g/mol. The Morgan fingerprint density at radius 1 is 1.00 bits per heavy atom. The molecule has 0 aromatic heterocycles. The summed E-state index contributed by atoms with van der Waals surface area (Å²) in [5.74, 6) is 0. The molecule has 5 heteroatoms. The van der Waals surface area contributed by atoms with Crippen LogP contribution in [-0.4, -0.2) is 4.40 Å². The Morgan fingerprint density at radius 3 is 1.00 bits per heavy atom. The second-order valence-electron chi connectivity index (χ2n) is 0.204. The van der Waals surface area contributed by atoms with Gasteiger partial charge in [0.05, 0.1) is 0 Å². The third-order valence-electron chi connectivity index (χ3n) is 0. The van der Waals surface area contributed by atoms with Gasteiger partial charge in [-0.25, -0.2) is 0 Å². The summed E-state index contributed by atoms with van der Waals surface area (Å²) in [5.41, 5.74) is 0. The Hall–Kier alpha value is 3.31. The molecule has 0 heterocycles. The van der Waals surface area contributed by atoms with Gasteiger partial charge in [0.15, 0.2) is 0 Å². The van der Waals surface area contributed by atoms with Crippen LogP contribution in [0.15, 0.2) is 0 Å². The first kappa shape index (κ1) is 16.7. The van der Waals surface area contributed by atoms with Crippen molar-refractivity contribution < 1.29 is 84.2 Å². The van der Waals surface area contributed by atoms with Gasteiger partial charge in [-0.2, -0.15) is 0 Å². The van der Waals surface area contributed by atoms with Crippen LogP contribution < -0.4 is 0 Å². The van der Waals surface area contributed by atoms with Crippen molar-refractivity contribution in [3.63, 3.8) is 0 Å². The van der Waals surface area contributed by atoms with E-state index < -0.39 is 0 Å².